The Morgan fingerprint density at radius 3 is 2.61 bits per heavy atom. The van der Waals surface area contributed by atoms with Crippen LogP contribution in [0.3, 0.4) is 0 Å². The summed E-state index contributed by atoms with van der Waals surface area (Å²) in [5.41, 5.74) is 2.54. The number of aliphatic hydroxyl groups excluding tert-OH is 1. The zero-order valence-electron chi connectivity index (χ0n) is 13.5. The Morgan fingerprint density at radius 1 is 1.13 bits per heavy atom. The molecule has 0 spiro atoms. The first-order valence-corrected chi connectivity index (χ1v) is 8.00. The first-order chi connectivity index (χ1) is 11.2. The van der Waals surface area contributed by atoms with Gasteiger partial charge in [0, 0.05) is 5.56 Å². The highest BCUT2D eigenvalue weighted by Gasteiger charge is 2.09. The summed E-state index contributed by atoms with van der Waals surface area (Å²) in [6.07, 6.45) is 4.69. The number of hydrogen-bond acceptors (Lipinski definition) is 2. The van der Waals surface area contributed by atoms with Crippen LogP contribution < -0.4 is 4.74 Å². The number of hydrogen-bond donors (Lipinski definition) is 1. The van der Waals surface area contributed by atoms with Gasteiger partial charge in [-0.05, 0) is 36.1 Å². The molecule has 2 aromatic rings. The third kappa shape index (κ3) is 5.22. The van der Waals surface area contributed by atoms with Gasteiger partial charge in [0.2, 0.25) is 0 Å². The molecule has 0 atom stereocenters. The Morgan fingerprint density at radius 2 is 1.91 bits per heavy atom. The van der Waals surface area contributed by atoms with Gasteiger partial charge in [-0.3, -0.25) is 0 Å². The Labute approximate surface area is 137 Å². The van der Waals surface area contributed by atoms with Crippen molar-refractivity contribution in [1.29, 1.82) is 0 Å². The molecule has 2 rings (SSSR count). The monoisotopic (exact) mass is 314 g/mol. The second-order valence-corrected chi connectivity index (χ2v) is 5.50. The van der Waals surface area contributed by atoms with Crippen LogP contribution in [0.5, 0.6) is 5.75 Å². The number of halogens is 1. The average molecular weight is 314 g/mol. The highest BCUT2D eigenvalue weighted by molar-refractivity contribution is 5.60. The molecule has 0 aromatic heterocycles. The predicted octanol–water partition coefficient (Wildman–Crippen LogP) is 4.97. The van der Waals surface area contributed by atoms with E-state index in [1.54, 1.807) is 6.07 Å². The number of unbranched alkanes of at least 4 members (excludes halogenated alkanes) is 1. The molecule has 0 aliphatic carbocycles. The van der Waals surface area contributed by atoms with Crippen LogP contribution in [0.4, 0.5) is 4.39 Å². The molecule has 2 aromatic carbocycles. The van der Waals surface area contributed by atoms with E-state index in [0.717, 1.165) is 30.4 Å². The summed E-state index contributed by atoms with van der Waals surface area (Å²) in [5, 5.41) is 9.48. The fraction of sp³-hybridized carbons (Fsp3) is 0.300. The number of rotatable bonds is 8. The maximum Gasteiger partial charge on any atom is 0.165 e. The predicted molar refractivity (Wildman–Crippen MR) is 91.8 cm³/mol. The molecule has 0 aliphatic heterocycles. The van der Waals surface area contributed by atoms with Gasteiger partial charge in [-0.2, -0.15) is 0 Å². The highest BCUT2D eigenvalue weighted by Crippen LogP contribution is 2.27. The van der Waals surface area contributed by atoms with Gasteiger partial charge in [-0.1, -0.05) is 55.8 Å². The van der Waals surface area contributed by atoms with Gasteiger partial charge in [0.05, 0.1) is 6.61 Å². The average Bonchev–Trinajstić information content (AvgIpc) is 2.58. The fourth-order valence-corrected chi connectivity index (χ4v) is 2.34. The standard InChI is InChI=1S/C20H23FO2/c1-2-3-8-17(14-22)13-18-11-7-12-19(21)20(18)23-15-16-9-5-4-6-10-16/h4-7,9-13,22H,2-3,8,14-15H2,1H3/b17-13+. The maximum absolute atomic E-state index is 14.1. The quantitative estimate of drug-likeness (QED) is 0.745. The molecule has 122 valence electrons. The summed E-state index contributed by atoms with van der Waals surface area (Å²) >= 11 is 0. The van der Waals surface area contributed by atoms with Crippen molar-refractivity contribution >= 4 is 6.08 Å². The molecular weight excluding hydrogens is 291 g/mol. The molecule has 0 saturated carbocycles. The highest BCUT2D eigenvalue weighted by atomic mass is 19.1. The van der Waals surface area contributed by atoms with Crippen LogP contribution in [0.25, 0.3) is 6.08 Å². The summed E-state index contributed by atoms with van der Waals surface area (Å²) in [5.74, 6) is -0.152. The van der Waals surface area contributed by atoms with Crippen molar-refractivity contribution in [2.75, 3.05) is 6.61 Å². The number of benzene rings is 2. The van der Waals surface area contributed by atoms with Gasteiger partial charge >= 0.3 is 0 Å². The molecule has 2 nitrogen and oxygen atoms in total. The van der Waals surface area contributed by atoms with E-state index in [1.165, 1.54) is 6.07 Å². The van der Waals surface area contributed by atoms with Crippen LogP contribution in [-0.2, 0) is 6.61 Å². The minimum Gasteiger partial charge on any atom is -0.485 e. The van der Waals surface area contributed by atoms with Gasteiger partial charge in [0.25, 0.3) is 0 Å². The second-order valence-electron chi connectivity index (χ2n) is 5.50. The lowest BCUT2D eigenvalue weighted by atomic mass is 10.1. The van der Waals surface area contributed by atoms with E-state index in [9.17, 15) is 9.50 Å². The van der Waals surface area contributed by atoms with Gasteiger partial charge in [-0.25, -0.2) is 4.39 Å². The van der Waals surface area contributed by atoms with Crippen molar-refractivity contribution in [3.05, 3.63) is 71.0 Å². The van der Waals surface area contributed by atoms with Crippen molar-refractivity contribution in [2.24, 2.45) is 0 Å². The number of ether oxygens (including phenoxy) is 1. The van der Waals surface area contributed by atoms with Gasteiger partial charge < -0.3 is 9.84 Å². The number of aliphatic hydroxyl groups is 1. The van der Waals surface area contributed by atoms with Crippen molar-refractivity contribution in [3.63, 3.8) is 0 Å². The Kier molecular flexibility index (Phi) is 6.82. The topological polar surface area (TPSA) is 29.5 Å². The van der Waals surface area contributed by atoms with E-state index in [1.807, 2.05) is 42.5 Å². The molecule has 3 heteroatoms. The molecule has 23 heavy (non-hydrogen) atoms. The number of para-hydroxylation sites is 1. The summed E-state index contributed by atoms with van der Waals surface area (Å²) in [7, 11) is 0. The van der Waals surface area contributed by atoms with Crippen molar-refractivity contribution in [1.82, 2.24) is 0 Å². The summed E-state index contributed by atoms with van der Waals surface area (Å²) < 4.78 is 19.8. The SMILES string of the molecule is CCCC/C(=C\c1cccc(F)c1OCc1ccccc1)CO. The van der Waals surface area contributed by atoms with E-state index in [-0.39, 0.29) is 18.2 Å². The van der Waals surface area contributed by atoms with Crippen LogP contribution in [0.2, 0.25) is 0 Å². The lowest BCUT2D eigenvalue weighted by Gasteiger charge is -2.12. The smallest absolute Gasteiger partial charge is 0.165 e. The molecule has 0 amide bonds. The van der Waals surface area contributed by atoms with Crippen molar-refractivity contribution < 1.29 is 14.2 Å². The van der Waals surface area contributed by atoms with Gasteiger partial charge in [-0.15, -0.1) is 0 Å². The molecular formula is C20H23FO2. The van der Waals surface area contributed by atoms with E-state index in [0.29, 0.717) is 12.2 Å². The van der Waals surface area contributed by atoms with E-state index >= 15 is 0 Å². The Hall–Kier alpha value is -2.13. The summed E-state index contributed by atoms with van der Waals surface area (Å²) in [4.78, 5) is 0. The minimum atomic E-state index is -0.387. The third-order valence-electron chi connectivity index (χ3n) is 3.64. The first-order valence-electron chi connectivity index (χ1n) is 8.00. The van der Waals surface area contributed by atoms with Crippen LogP contribution in [0.1, 0.15) is 37.3 Å². The second kappa shape index (κ2) is 9.11. The van der Waals surface area contributed by atoms with E-state index in [4.69, 9.17) is 4.74 Å². The molecule has 0 heterocycles. The molecule has 0 unspecified atom stereocenters. The zero-order valence-corrected chi connectivity index (χ0v) is 13.5. The normalized spacial score (nSPS) is 11.5. The fourth-order valence-electron chi connectivity index (χ4n) is 2.34. The third-order valence-corrected chi connectivity index (χ3v) is 3.64. The Bertz CT molecular complexity index is 635. The molecule has 0 radical (unpaired) electrons. The van der Waals surface area contributed by atoms with Crippen molar-refractivity contribution in [2.45, 2.75) is 32.8 Å². The lowest BCUT2D eigenvalue weighted by molar-refractivity contribution is 0.289. The summed E-state index contributed by atoms with van der Waals surface area (Å²) in [6.45, 7) is 2.40. The molecule has 0 saturated heterocycles. The van der Waals surface area contributed by atoms with E-state index < -0.39 is 0 Å². The van der Waals surface area contributed by atoms with Crippen LogP contribution in [0.15, 0.2) is 54.1 Å². The van der Waals surface area contributed by atoms with Crippen molar-refractivity contribution in [3.8, 4) is 5.75 Å². The van der Waals surface area contributed by atoms with Crippen LogP contribution >= 0.6 is 0 Å². The Balaban J connectivity index is 2.20. The van der Waals surface area contributed by atoms with Crippen LogP contribution in [0, 0.1) is 5.82 Å². The molecule has 0 aliphatic rings. The maximum atomic E-state index is 14.1. The lowest BCUT2D eigenvalue weighted by Crippen LogP contribution is -2.00. The molecule has 1 N–H and O–H groups in total. The largest absolute Gasteiger partial charge is 0.485 e. The zero-order chi connectivity index (χ0) is 16.5. The van der Waals surface area contributed by atoms with Gasteiger partial charge in [0.1, 0.15) is 6.61 Å². The molecule has 0 bridgehead atoms. The first kappa shape index (κ1) is 17.2. The van der Waals surface area contributed by atoms with E-state index in [2.05, 4.69) is 6.92 Å². The molecule has 0 fully saturated rings. The van der Waals surface area contributed by atoms with Crippen LogP contribution in [-0.4, -0.2) is 11.7 Å². The minimum absolute atomic E-state index is 0.0192. The summed E-state index contributed by atoms with van der Waals surface area (Å²) in [6, 6.07) is 14.5. The van der Waals surface area contributed by atoms with Gasteiger partial charge in [0.15, 0.2) is 11.6 Å².